The molecule has 1 N–H and O–H groups in total. The van der Waals surface area contributed by atoms with Crippen LogP contribution in [0.5, 0.6) is 11.5 Å². The van der Waals surface area contributed by atoms with Crippen LogP contribution in [0.3, 0.4) is 0 Å². The predicted octanol–water partition coefficient (Wildman–Crippen LogP) is 5.96. The summed E-state index contributed by atoms with van der Waals surface area (Å²) >= 11 is 13.2. The van der Waals surface area contributed by atoms with Crippen LogP contribution in [0.1, 0.15) is 11.1 Å². The van der Waals surface area contributed by atoms with E-state index in [0.29, 0.717) is 37.9 Å². The fourth-order valence-corrected chi connectivity index (χ4v) is 3.93. The normalized spacial score (nSPS) is 11.1. The number of carbonyl (C=O) groups excluding carboxylic acids is 1. The van der Waals surface area contributed by atoms with E-state index in [2.05, 4.69) is 15.5 Å². The highest BCUT2D eigenvalue weighted by Gasteiger charge is 2.12. The number of rotatable bonds is 9. The van der Waals surface area contributed by atoms with Gasteiger partial charge in [0.2, 0.25) is 0 Å². The van der Waals surface area contributed by atoms with Gasteiger partial charge in [0, 0.05) is 5.56 Å². The van der Waals surface area contributed by atoms with Gasteiger partial charge in [0.25, 0.3) is 11.1 Å². The van der Waals surface area contributed by atoms with Crippen LogP contribution in [0.15, 0.2) is 75.4 Å². The van der Waals surface area contributed by atoms with Gasteiger partial charge in [-0.05, 0) is 42.0 Å². The number of amides is 1. The van der Waals surface area contributed by atoms with Crippen LogP contribution in [-0.2, 0) is 11.4 Å². The fraction of sp³-hybridized carbons (Fsp3) is 0.125. The van der Waals surface area contributed by atoms with E-state index in [1.54, 1.807) is 37.4 Å². The second-order valence-corrected chi connectivity index (χ2v) is 8.69. The minimum Gasteiger partial charge on any atom is -0.493 e. The number of hydrogen-bond acceptors (Lipinski definition) is 7. The molecule has 0 aliphatic carbocycles. The molecule has 4 aromatic rings. The van der Waals surface area contributed by atoms with Crippen LogP contribution >= 0.6 is 35.0 Å². The van der Waals surface area contributed by atoms with Crippen molar-refractivity contribution < 1.29 is 18.7 Å². The molecule has 0 atom stereocenters. The number of ether oxygens (including phenoxy) is 2. The Hall–Kier alpha value is -3.20. The minimum atomic E-state index is -0.301. The third-order valence-corrected chi connectivity index (χ3v) is 6.16. The number of carbonyl (C=O) groups is 1. The molecule has 4 rings (SSSR count). The fourth-order valence-electron chi connectivity index (χ4n) is 2.98. The van der Waals surface area contributed by atoms with E-state index in [0.717, 1.165) is 11.1 Å². The molecule has 0 bridgehead atoms. The average molecular weight is 516 g/mol. The number of nitrogens with zero attached hydrogens (tertiary/aromatic N) is 2. The van der Waals surface area contributed by atoms with E-state index in [4.69, 9.17) is 37.1 Å². The molecule has 0 spiro atoms. The first kappa shape index (κ1) is 23.9. The van der Waals surface area contributed by atoms with Crippen molar-refractivity contribution in [1.29, 1.82) is 0 Å². The van der Waals surface area contributed by atoms with E-state index < -0.39 is 0 Å². The summed E-state index contributed by atoms with van der Waals surface area (Å²) in [7, 11) is 1.55. The van der Waals surface area contributed by atoms with Crippen molar-refractivity contribution >= 4 is 58.2 Å². The van der Waals surface area contributed by atoms with E-state index in [1.165, 1.54) is 18.0 Å². The number of fused-ring (bicyclic) bond motifs is 1. The molecule has 7 nitrogen and oxygen atoms in total. The molecule has 10 heteroatoms. The van der Waals surface area contributed by atoms with Gasteiger partial charge < -0.3 is 13.9 Å². The Balaban J connectivity index is 1.37. The molecule has 0 aliphatic rings. The van der Waals surface area contributed by atoms with Crippen LogP contribution in [-0.4, -0.2) is 30.0 Å². The number of oxazole rings is 1. The zero-order valence-electron chi connectivity index (χ0n) is 18.0. The first-order chi connectivity index (χ1) is 16.5. The highest BCUT2D eigenvalue weighted by atomic mass is 35.5. The summed E-state index contributed by atoms with van der Waals surface area (Å²) in [4.78, 5) is 16.5. The van der Waals surface area contributed by atoms with Crippen LogP contribution in [0.25, 0.3) is 11.1 Å². The number of thioether (sulfide) groups is 1. The predicted molar refractivity (Wildman–Crippen MR) is 134 cm³/mol. The smallest absolute Gasteiger partial charge is 0.257 e. The number of nitrogens with one attached hydrogen (secondary N) is 1. The average Bonchev–Trinajstić information content (AvgIpc) is 3.27. The number of aromatic nitrogens is 1. The molecular formula is C24H19Cl2N3O4S. The zero-order chi connectivity index (χ0) is 23.9. The second kappa shape index (κ2) is 11.3. The molecule has 34 heavy (non-hydrogen) atoms. The van der Waals surface area contributed by atoms with Gasteiger partial charge in [-0.3, -0.25) is 4.79 Å². The minimum absolute atomic E-state index is 0.100. The van der Waals surface area contributed by atoms with Gasteiger partial charge in [0.05, 0.1) is 29.1 Å². The van der Waals surface area contributed by atoms with Gasteiger partial charge in [-0.25, -0.2) is 10.4 Å². The Bertz CT molecular complexity index is 1310. The van der Waals surface area contributed by atoms with Crippen molar-refractivity contribution in [2.24, 2.45) is 5.10 Å². The van der Waals surface area contributed by atoms with Crippen molar-refractivity contribution in [2.75, 3.05) is 12.9 Å². The highest BCUT2D eigenvalue weighted by molar-refractivity contribution is 7.99. The molecule has 0 saturated heterocycles. The standard InChI is InChI=1S/C24H19Cl2N3O4S/c1-31-21-8-4-5-16(23(21)32-13-15-9-10-17(25)18(26)11-15)12-27-29-22(30)14-34-24-28-19-6-2-3-7-20(19)33-24/h2-12H,13-14H2,1H3,(H,29,30)/b27-12-. The second-order valence-electron chi connectivity index (χ2n) is 6.95. The number of hydrazone groups is 1. The number of methoxy groups -OCH3 is 1. The van der Waals surface area contributed by atoms with E-state index in [-0.39, 0.29) is 18.3 Å². The number of para-hydroxylation sites is 3. The molecule has 3 aromatic carbocycles. The van der Waals surface area contributed by atoms with Gasteiger partial charge in [-0.1, -0.05) is 59.2 Å². The summed E-state index contributed by atoms with van der Waals surface area (Å²) < 4.78 is 17.0. The number of hydrogen-bond donors (Lipinski definition) is 1. The summed E-state index contributed by atoms with van der Waals surface area (Å²) in [6.07, 6.45) is 1.49. The molecule has 0 unspecified atom stereocenters. The van der Waals surface area contributed by atoms with Crippen LogP contribution in [0, 0.1) is 0 Å². The van der Waals surface area contributed by atoms with Crippen molar-refractivity contribution in [2.45, 2.75) is 11.8 Å². The Morgan fingerprint density at radius 1 is 1.15 bits per heavy atom. The lowest BCUT2D eigenvalue weighted by atomic mass is 10.2. The summed E-state index contributed by atoms with van der Waals surface area (Å²) in [6.45, 7) is 0.242. The van der Waals surface area contributed by atoms with Crippen molar-refractivity contribution in [3.05, 3.63) is 81.8 Å². The quantitative estimate of drug-likeness (QED) is 0.168. The van der Waals surface area contributed by atoms with Gasteiger partial charge in [0.15, 0.2) is 17.1 Å². The maximum absolute atomic E-state index is 12.2. The third-order valence-electron chi connectivity index (χ3n) is 4.59. The van der Waals surface area contributed by atoms with Gasteiger partial charge in [-0.2, -0.15) is 5.10 Å². The molecule has 0 saturated carbocycles. The summed E-state index contributed by atoms with van der Waals surface area (Å²) in [5, 5.41) is 5.39. The highest BCUT2D eigenvalue weighted by Crippen LogP contribution is 2.31. The molecule has 0 aliphatic heterocycles. The van der Waals surface area contributed by atoms with Crippen molar-refractivity contribution in [3.8, 4) is 11.5 Å². The third kappa shape index (κ3) is 6.02. The maximum atomic E-state index is 12.2. The maximum Gasteiger partial charge on any atom is 0.257 e. The van der Waals surface area contributed by atoms with E-state index in [1.807, 2.05) is 30.3 Å². The van der Waals surface area contributed by atoms with Crippen molar-refractivity contribution in [3.63, 3.8) is 0 Å². The van der Waals surface area contributed by atoms with Gasteiger partial charge >= 0.3 is 0 Å². The van der Waals surface area contributed by atoms with Gasteiger partial charge in [-0.15, -0.1) is 0 Å². The van der Waals surface area contributed by atoms with Crippen LogP contribution in [0.4, 0.5) is 0 Å². The molecule has 1 aromatic heterocycles. The van der Waals surface area contributed by atoms with E-state index in [9.17, 15) is 4.79 Å². The van der Waals surface area contributed by atoms with Crippen LogP contribution < -0.4 is 14.9 Å². The lowest BCUT2D eigenvalue weighted by Crippen LogP contribution is -2.19. The summed E-state index contributed by atoms with van der Waals surface area (Å²) in [6, 6.07) is 18.1. The molecule has 1 amide bonds. The molecule has 1 heterocycles. The first-order valence-electron chi connectivity index (χ1n) is 10.1. The SMILES string of the molecule is COc1cccc(/C=N\NC(=O)CSc2nc3ccccc3o2)c1OCc1ccc(Cl)c(Cl)c1. The summed E-state index contributed by atoms with van der Waals surface area (Å²) in [5.41, 5.74) is 5.39. The molecule has 0 fully saturated rings. The Kier molecular flexibility index (Phi) is 7.95. The number of benzene rings is 3. The van der Waals surface area contributed by atoms with Crippen molar-refractivity contribution in [1.82, 2.24) is 10.4 Å². The zero-order valence-corrected chi connectivity index (χ0v) is 20.3. The largest absolute Gasteiger partial charge is 0.493 e. The van der Waals surface area contributed by atoms with E-state index >= 15 is 0 Å². The summed E-state index contributed by atoms with van der Waals surface area (Å²) in [5.74, 6) is 0.810. The van der Waals surface area contributed by atoms with Crippen LogP contribution in [0.2, 0.25) is 10.0 Å². The Morgan fingerprint density at radius 3 is 2.79 bits per heavy atom. The lowest BCUT2D eigenvalue weighted by molar-refractivity contribution is -0.118. The lowest BCUT2D eigenvalue weighted by Gasteiger charge is -2.13. The topological polar surface area (TPSA) is 86.0 Å². The monoisotopic (exact) mass is 515 g/mol. The molecule has 174 valence electrons. The molecular weight excluding hydrogens is 497 g/mol. The first-order valence-corrected chi connectivity index (χ1v) is 11.8. The Morgan fingerprint density at radius 2 is 2.00 bits per heavy atom. The Labute approximate surface area is 210 Å². The number of halogens is 2. The van der Waals surface area contributed by atoms with Gasteiger partial charge in [0.1, 0.15) is 12.1 Å². The molecule has 0 radical (unpaired) electrons.